The number of hydrogen-bond acceptors (Lipinski definition) is 3. The second kappa shape index (κ2) is 4.63. The summed E-state index contributed by atoms with van der Waals surface area (Å²) >= 11 is 0. The molecule has 0 aliphatic carbocycles. The van der Waals surface area contributed by atoms with Crippen LogP contribution in [0.5, 0.6) is 0 Å². The normalized spacial score (nSPS) is 12.5. The highest BCUT2D eigenvalue weighted by Gasteiger charge is 2.24. The number of aliphatic carboxylic acids is 1. The number of carboxylic acid groups (broad SMARTS) is 1. The van der Waals surface area contributed by atoms with Crippen molar-refractivity contribution >= 4 is 11.9 Å². The predicted octanol–water partition coefficient (Wildman–Crippen LogP) is 1.12. The SMILES string of the molecule is CC(C)[C@H](NC(=O)c1ccoc1)C(=O)O. The first kappa shape index (κ1) is 11.3. The standard InChI is InChI=1S/C10H13NO4/c1-6(2)8(10(13)14)11-9(12)7-3-4-15-5-7/h3-6,8H,1-2H3,(H,11,12)(H,13,14)/t8-/m0/s1. The van der Waals surface area contributed by atoms with Gasteiger partial charge in [0.2, 0.25) is 0 Å². The molecular formula is C10H13NO4. The van der Waals surface area contributed by atoms with Crippen LogP contribution in [0.4, 0.5) is 0 Å². The molecule has 1 atom stereocenters. The zero-order valence-electron chi connectivity index (χ0n) is 8.56. The molecule has 5 nitrogen and oxygen atoms in total. The zero-order valence-corrected chi connectivity index (χ0v) is 8.56. The molecule has 0 radical (unpaired) electrons. The molecule has 0 unspecified atom stereocenters. The Hall–Kier alpha value is -1.78. The van der Waals surface area contributed by atoms with Crippen molar-refractivity contribution in [1.29, 1.82) is 0 Å². The molecule has 1 amide bonds. The molecule has 0 bridgehead atoms. The molecule has 0 aromatic carbocycles. The molecule has 0 saturated carbocycles. The van der Waals surface area contributed by atoms with E-state index in [2.05, 4.69) is 5.32 Å². The van der Waals surface area contributed by atoms with E-state index in [-0.39, 0.29) is 5.92 Å². The van der Waals surface area contributed by atoms with Crippen LogP contribution in [0.1, 0.15) is 24.2 Å². The zero-order chi connectivity index (χ0) is 11.4. The van der Waals surface area contributed by atoms with Gasteiger partial charge in [-0.25, -0.2) is 4.79 Å². The van der Waals surface area contributed by atoms with E-state index in [1.165, 1.54) is 18.6 Å². The third-order valence-electron chi connectivity index (χ3n) is 2.00. The summed E-state index contributed by atoms with van der Waals surface area (Å²) in [6, 6.07) is 0.599. The minimum absolute atomic E-state index is 0.168. The average molecular weight is 211 g/mol. The third-order valence-corrected chi connectivity index (χ3v) is 2.00. The Balaban J connectivity index is 2.67. The maximum Gasteiger partial charge on any atom is 0.326 e. The number of nitrogens with one attached hydrogen (secondary N) is 1. The van der Waals surface area contributed by atoms with Gasteiger partial charge in [0, 0.05) is 0 Å². The maximum absolute atomic E-state index is 11.5. The van der Waals surface area contributed by atoms with Crippen LogP contribution in [0.25, 0.3) is 0 Å². The number of carboxylic acids is 1. The molecule has 0 fully saturated rings. The molecule has 0 saturated heterocycles. The van der Waals surface area contributed by atoms with Crippen molar-refractivity contribution < 1.29 is 19.1 Å². The van der Waals surface area contributed by atoms with E-state index in [0.29, 0.717) is 5.56 Å². The third kappa shape index (κ3) is 2.83. The largest absolute Gasteiger partial charge is 0.480 e. The van der Waals surface area contributed by atoms with E-state index in [9.17, 15) is 9.59 Å². The molecule has 0 aliphatic rings. The predicted molar refractivity (Wildman–Crippen MR) is 52.4 cm³/mol. The van der Waals surface area contributed by atoms with E-state index in [1.54, 1.807) is 13.8 Å². The van der Waals surface area contributed by atoms with Crippen molar-refractivity contribution in [3.8, 4) is 0 Å². The second-order valence-corrected chi connectivity index (χ2v) is 3.55. The van der Waals surface area contributed by atoms with Crippen LogP contribution in [-0.4, -0.2) is 23.0 Å². The summed E-state index contributed by atoms with van der Waals surface area (Å²) in [5.41, 5.74) is 0.321. The Morgan fingerprint density at radius 1 is 1.47 bits per heavy atom. The lowest BCUT2D eigenvalue weighted by atomic mass is 10.0. The summed E-state index contributed by atoms with van der Waals surface area (Å²) in [5, 5.41) is 11.3. The summed E-state index contributed by atoms with van der Waals surface area (Å²) in [5.74, 6) is -1.65. The van der Waals surface area contributed by atoms with Crippen molar-refractivity contribution in [2.75, 3.05) is 0 Å². The highest BCUT2D eigenvalue weighted by Crippen LogP contribution is 2.05. The lowest BCUT2D eigenvalue weighted by Crippen LogP contribution is -2.44. The first-order valence-corrected chi connectivity index (χ1v) is 4.58. The second-order valence-electron chi connectivity index (χ2n) is 3.55. The van der Waals surface area contributed by atoms with Gasteiger partial charge >= 0.3 is 5.97 Å². The lowest BCUT2D eigenvalue weighted by molar-refractivity contribution is -0.140. The molecule has 15 heavy (non-hydrogen) atoms. The van der Waals surface area contributed by atoms with Gasteiger partial charge in [0.05, 0.1) is 11.8 Å². The van der Waals surface area contributed by atoms with Gasteiger partial charge in [-0.3, -0.25) is 4.79 Å². The molecular weight excluding hydrogens is 198 g/mol. The number of carbonyl (C=O) groups is 2. The maximum atomic E-state index is 11.5. The lowest BCUT2D eigenvalue weighted by Gasteiger charge is -2.17. The molecule has 1 aromatic heterocycles. The summed E-state index contributed by atoms with van der Waals surface area (Å²) in [6.45, 7) is 3.46. The van der Waals surface area contributed by atoms with Gasteiger partial charge < -0.3 is 14.8 Å². The van der Waals surface area contributed by atoms with Crippen LogP contribution in [0.15, 0.2) is 23.0 Å². The molecule has 0 spiro atoms. The molecule has 1 heterocycles. The number of amides is 1. The van der Waals surface area contributed by atoms with Crippen LogP contribution in [0, 0.1) is 5.92 Å². The van der Waals surface area contributed by atoms with E-state index in [1.807, 2.05) is 0 Å². The van der Waals surface area contributed by atoms with E-state index in [4.69, 9.17) is 9.52 Å². The first-order chi connectivity index (χ1) is 7.02. The van der Waals surface area contributed by atoms with Crippen molar-refractivity contribution in [1.82, 2.24) is 5.32 Å². The molecule has 1 rings (SSSR count). The van der Waals surface area contributed by atoms with Crippen molar-refractivity contribution in [2.24, 2.45) is 5.92 Å². The number of carbonyl (C=O) groups excluding carboxylic acids is 1. The highest BCUT2D eigenvalue weighted by atomic mass is 16.4. The van der Waals surface area contributed by atoms with Gasteiger partial charge in [0.1, 0.15) is 12.3 Å². The van der Waals surface area contributed by atoms with Crippen LogP contribution in [-0.2, 0) is 4.79 Å². The highest BCUT2D eigenvalue weighted by molar-refractivity contribution is 5.96. The fraction of sp³-hybridized carbons (Fsp3) is 0.400. The monoisotopic (exact) mass is 211 g/mol. The van der Waals surface area contributed by atoms with E-state index >= 15 is 0 Å². The Morgan fingerprint density at radius 3 is 2.53 bits per heavy atom. The molecule has 0 aliphatic heterocycles. The number of furan rings is 1. The van der Waals surface area contributed by atoms with E-state index in [0.717, 1.165) is 0 Å². The van der Waals surface area contributed by atoms with Gasteiger partial charge in [0.15, 0.2) is 0 Å². The Bertz CT molecular complexity index is 342. The number of rotatable bonds is 4. The van der Waals surface area contributed by atoms with Gasteiger partial charge in [-0.2, -0.15) is 0 Å². The van der Waals surface area contributed by atoms with Crippen molar-refractivity contribution in [2.45, 2.75) is 19.9 Å². The fourth-order valence-electron chi connectivity index (χ4n) is 1.13. The average Bonchev–Trinajstić information content (AvgIpc) is 2.65. The van der Waals surface area contributed by atoms with Gasteiger partial charge in [-0.15, -0.1) is 0 Å². The van der Waals surface area contributed by atoms with Crippen LogP contribution in [0.2, 0.25) is 0 Å². The van der Waals surface area contributed by atoms with Crippen LogP contribution >= 0.6 is 0 Å². The smallest absolute Gasteiger partial charge is 0.326 e. The fourth-order valence-corrected chi connectivity index (χ4v) is 1.13. The quantitative estimate of drug-likeness (QED) is 0.782. The molecule has 5 heteroatoms. The Kier molecular flexibility index (Phi) is 3.49. The Morgan fingerprint density at radius 2 is 2.13 bits per heavy atom. The van der Waals surface area contributed by atoms with Crippen molar-refractivity contribution in [3.63, 3.8) is 0 Å². The minimum atomic E-state index is -1.04. The van der Waals surface area contributed by atoms with Gasteiger partial charge in [-0.05, 0) is 12.0 Å². The van der Waals surface area contributed by atoms with Gasteiger partial charge in [-0.1, -0.05) is 13.8 Å². The van der Waals surface area contributed by atoms with Crippen LogP contribution < -0.4 is 5.32 Å². The molecule has 1 aromatic rings. The summed E-state index contributed by atoms with van der Waals surface area (Å²) in [7, 11) is 0. The molecule has 82 valence electrons. The summed E-state index contributed by atoms with van der Waals surface area (Å²) in [4.78, 5) is 22.3. The summed E-state index contributed by atoms with van der Waals surface area (Å²) < 4.78 is 4.73. The van der Waals surface area contributed by atoms with Gasteiger partial charge in [0.25, 0.3) is 5.91 Å². The minimum Gasteiger partial charge on any atom is -0.480 e. The van der Waals surface area contributed by atoms with E-state index < -0.39 is 17.9 Å². The topological polar surface area (TPSA) is 79.5 Å². The summed E-state index contributed by atoms with van der Waals surface area (Å²) in [6.07, 6.45) is 2.63. The van der Waals surface area contributed by atoms with Crippen molar-refractivity contribution in [3.05, 3.63) is 24.2 Å². The number of hydrogen-bond donors (Lipinski definition) is 2. The first-order valence-electron chi connectivity index (χ1n) is 4.58. The van der Waals surface area contributed by atoms with Crippen LogP contribution in [0.3, 0.4) is 0 Å². The Labute approximate surface area is 87.1 Å². The molecule has 2 N–H and O–H groups in total.